The second-order valence-electron chi connectivity index (χ2n) is 6.14. The zero-order chi connectivity index (χ0) is 16.4. The minimum absolute atomic E-state index is 0.0316. The first-order valence-corrected chi connectivity index (χ1v) is 8.76. The number of fused-ring (bicyclic) bond motifs is 1. The summed E-state index contributed by atoms with van der Waals surface area (Å²) in [6, 6.07) is 5.55. The predicted molar refractivity (Wildman–Crippen MR) is 95.1 cm³/mol. The van der Waals surface area contributed by atoms with Crippen LogP contribution in [0.5, 0.6) is 5.75 Å². The monoisotopic (exact) mass is 374 g/mol. The molecule has 3 heterocycles. The van der Waals surface area contributed by atoms with Crippen LogP contribution in [0.25, 0.3) is 5.70 Å². The highest BCUT2D eigenvalue weighted by molar-refractivity contribution is 9.09. The molecular weight excluding hydrogens is 356 g/mol. The summed E-state index contributed by atoms with van der Waals surface area (Å²) in [4.78, 5) is 16.7. The Morgan fingerprint density at radius 3 is 2.91 bits per heavy atom. The average Bonchev–Trinajstić information content (AvgIpc) is 2.51. The highest BCUT2D eigenvalue weighted by Gasteiger charge is 2.27. The molecule has 0 saturated carbocycles. The molecule has 0 N–H and O–H groups in total. The van der Waals surface area contributed by atoms with Crippen molar-refractivity contribution in [3.63, 3.8) is 0 Å². The number of aryl methyl sites for hydroxylation is 1. The van der Waals surface area contributed by atoms with Gasteiger partial charge in [0.15, 0.2) is 0 Å². The molecule has 0 bridgehead atoms. The maximum atomic E-state index is 12.6. The molecule has 0 fully saturated rings. The van der Waals surface area contributed by atoms with Crippen LogP contribution < -0.4 is 10.3 Å². The van der Waals surface area contributed by atoms with Crippen molar-refractivity contribution in [3.8, 4) is 5.75 Å². The van der Waals surface area contributed by atoms with Crippen LogP contribution in [-0.4, -0.2) is 20.5 Å². The Bertz CT molecular complexity index is 809. The lowest BCUT2D eigenvalue weighted by Gasteiger charge is -2.31. The van der Waals surface area contributed by atoms with E-state index in [0.29, 0.717) is 0 Å². The second kappa shape index (κ2) is 6.32. The topological polar surface area (TPSA) is 44.1 Å². The van der Waals surface area contributed by atoms with E-state index >= 15 is 0 Å². The van der Waals surface area contributed by atoms with Crippen LogP contribution in [0, 0.1) is 0 Å². The molecule has 2 aromatic rings. The summed E-state index contributed by atoms with van der Waals surface area (Å²) in [5, 5.41) is 0.936. The molecule has 0 amide bonds. The summed E-state index contributed by atoms with van der Waals surface area (Å²) in [6.07, 6.45) is 9.16. The number of ether oxygens (including phenoxy) is 1. The van der Waals surface area contributed by atoms with Crippen molar-refractivity contribution in [2.45, 2.75) is 32.3 Å². The Morgan fingerprint density at radius 1 is 1.35 bits per heavy atom. The molecular formula is C18H19BrN2O2. The first kappa shape index (κ1) is 16.0. The van der Waals surface area contributed by atoms with E-state index in [1.165, 1.54) is 0 Å². The van der Waals surface area contributed by atoms with Gasteiger partial charge in [-0.05, 0) is 50.5 Å². The molecule has 3 rings (SSSR count). The Morgan fingerprint density at radius 2 is 2.17 bits per heavy atom. The van der Waals surface area contributed by atoms with Gasteiger partial charge in [0, 0.05) is 30.0 Å². The maximum Gasteiger partial charge on any atom is 0.255 e. The highest BCUT2D eigenvalue weighted by atomic mass is 79.9. The third-order valence-corrected chi connectivity index (χ3v) is 4.32. The molecule has 2 aromatic heterocycles. The lowest BCUT2D eigenvalue weighted by molar-refractivity contribution is 0.157. The van der Waals surface area contributed by atoms with E-state index in [2.05, 4.69) is 20.9 Å². The minimum atomic E-state index is -0.474. The third kappa shape index (κ3) is 3.39. The lowest BCUT2D eigenvalue weighted by Crippen LogP contribution is -2.32. The lowest BCUT2D eigenvalue weighted by atomic mass is 10.00. The number of rotatable bonds is 4. The SMILES string of the molecule is CC1(C)C=C(n2ccc(CCCBr)cc2=O)c2cnccc2O1. The molecule has 23 heavy (non-hydrogen) atoms. The molecule has 1 aliphatic rings. The zero-order valence-electron chi connectivity index (χ0n) is 13.3. The molecule has 0 unspecified atom stereocenters. The first-order valence-electron chi connectivity index (χ1n) is 7.64. The standard InChI is InChI=1S/C18H19BrN2O2/c1-18(2)11-15(14-12-20-8-5-16(14)23-18)21-9-6-13(4-3-7-19)10-17(21)22/h5-6,8-12H,3-4,7H2,1-2H3. The van der Waals surface area contributed by atoms with Crippen molar-refractivity contribution >= 4 is 21.6 Å². The van der Waals surface area contributed by atoms with Crippen LogP contribution in [0.15, 0.2) is 47.7 Å². The van der Waals surface area contributed by atoms with E-state index in [4.69, 9.17) is 4.74 Å². The number of aromatic nitrogens is 2. The second-order valence-corrected chi connectivity index (χ2v) is 6.94. The summed E-state index contributed by atoms with van der Waals surface area (Å²) >= 11 is 3.42. The number of hydrogen-bond donors (Lipinski definition) is 0. The van der Waals surface area contributed by atoms with E-state index in [-0.39, 0.29) is 5.56 Å². The van der Waals surface area contributed by atoms with Gasteiger partial charge in [-0.3, -0.25) is 14.3 Å². The molecule has 0 aliphatic carbocycles. The van der Waals surface area contributed by atoms with Crippen LogP contribution in [0.2, 0.25) is 0 Å². The highest BCUT2D eigenvalue weighted by Crippen LogP contribution is 2.35. The van der Waals surface area contributed by atoms with Gasteiger partial charge in [0.05, 0.1) is 11.3 Å². The first-order chi connectivity index (χ1) is 11.0. The fraction of sp³-hybridized carbons (Fsp3) is 0.333. The summed E-state index contributed by atoms with van der Waals surface area (Å²) in [5.74, 6) is 0.748. The molecule has 0 spiro atoms. The number of nitrogens with zero attached hydrogens (tertiary/aromatic N) is 2. The van der Waals surface area contributed by atoms with E-state index < -0.39 is 5.60 Å². The van der Waals surface area contributed by atoms with Gasteiger partial charge in [0.2, 0.25) is 0 Å². The Kier molecular flexibility index (Phi) is 4.39. The number of pyridine rings is 2. The van der Waals surface area contributed by atoms with Gasteiger partial charge in [-0.25, -0.2) is 0 Å². The van der Waals surface area contributed by atoms with E-state index in [0.717, 1.165) is 40.7 Å². The molecule has 5 heteroatoms. The Balaban J connectivity index is 2.06. The van der Waals surface area contributed by atoms with E-state index in [1.54, 1.807) is 23.0 Å². The van der Waals surface area contributed by atoms with Gasteiger partial charge in [-0.2, -0.15) is 0 Å². The van der Waals surface area contributed by atoms with Crippen LogP contribution >= 0.6 is 15.9 Å². The van der Waals surface area contributed by atoms with Crippen molar-refractivity contribution in [2.75, 3.05) is 5.33 Å². The fourth-order valence-electron chi connectivity index (χ4n) is 2.73. The molecule has 120 valence electrons. The van der Waals surface area contributed by atoms with Crippen molar-refractivity contribution in [1.82, 2.24) is 9.55 Å². The van der Waals surface area contributed by atoms with Crippen LogP contribution in [0.1, 0.15) is 31.4 Å². The summed E-state index contributed by atoms with van der Waals surface area (Å²) in [5.41, 5.74) is 2.21. The minimum Gasteiger partial charge on any atom is -0.483 e. The van der Waals surface area contributed by atoms with E-state index in [9.17, 15) is 4.79 Å². The van der Waals surface area contributed by atoms with Crippen LogP contribution in [0.4, 0.5) is 0 Å². The number of alkyl halides is 1. The van der Waals surface area contributed by atoms with Crippen LogP contribution in [-0.2, 0) is 6.42 Å². The van der Waals surface area contributed by atoms with Crippen LogP contribution in [0.3, 0.4) is 0 Å². The van der Waals surface area contributed by atoms with Crippen molar-refractivity contribution in [3.05, 3.63) is 64.3 Å². The normalized spacial score (nSPS) is 15.5. The maximum absolute atomic E-state index is 12.6. The number of halogens is 1. The third-order valence-electron chi connectivity index (χ3n) is 3.76. The molecule has 0 aromatic carbocycles. The molecule has 0 saturated heterocycles. The Labute approximate surface area is 144 Å². The van der Waals surface area contributed by atoms with Gasteiger partial charge in [0.1, 0.15) is 11.4 Å². The van der Waals surface area contributed by atoms with Crippen molar-refractivity contribution in [2.24, 2.45) is 0 Å². The van der Waals surface area contributed by atoms with Gasteiger partial charge in [-0.15, -0.1) is 0 Å². The van der Waals surface area contributed by atoms with Crippen molar-refractivity contribution in [1.29, 1.82) is 0 Å². The molecule has 0 atom stereocenters. The Hall–Kier alpha value is -1.88. The fourth-order valence-corrected chi connectivity index (χ4v) is 3.01. The summed E-state index contributed by atoms with van der Waals surface area (Å²) in [6.45, 7) is 3.96. The molecule has 0 radical (unpaired) electrons. The molecule has 1 aliphatic heterocycles. The average molecular weight is 375 g/mol. The summed E-state index contributed by atoms with van der Waals surface area (Å²) < 4.78 is 7.62. The van der Waals surface area contributed by atoms with Crippen molar-refractivity contribution < 1.29 is 4.74 Å². The quantitative estimate of drug-likeness (QED) is 0.767. The van der Waals surface area contributed by atoms with Gasteiger partial charge >= 0.3 is 0 Å². The van der Waals surface area contributed by atoms with Gasteiger partial charge in [-0.1, -0.05) is 15.9 Å². The zero-order valence-corrected chi connectivity index (χ0v) is 14.8. The number of hydrogen-bond acceptors (Lipinski definition) is 3. The van der Waals surface area contributed by atoms with Gasteiger partial charge < -0.3 is 4.74 Å². The molecule has 4 nitrogen and oxygen atoms in total. The predicted octanol–water partition coefficient (Wildman–Crippen LogP) is 3.63. The summed E-state index contributed by atoms with van der Waals surface area (Å²) in [7, 11) is 0. The largest absolute Gasteiger partial charge is 0.483 e. The smallest absolute Gasteiger partial charge is 0.255 e. The van der Waals surface area contributed by atoms with Gasteiger partial charge in [0.25, 0.3) is 5.56 Å². The van der Waals surface area contributed by atoms with E-state index in [1.807, 2.05) is 38.3 Å².